The first-order valence-electron chi connectivity index (χ1n) is 8.43. The lowest BCUT2D eigenvalue weighted by Crippen LogP contribution is -2.18. The van der Waals surface area contributed by atoms with Gasteiger partial charge in [-0.2, -0.15) is 5.10 Å². The van der Waals surface area contributed by atoms with Crippen LogP contribution in [0.1, 0.15) is 17.8 Å². The highest BCUT2D eigenvalue weighted by Gasteiger charge is 2.14. The van der Waals surface area contributed by atoms with E-state index in [9.17, 15) is 0 Å². The number of benzene rings is 1. The van der Waals surface area contributed by atoms with Gasteiger partial charge in [-0.1, -0.05) is 12.1 Å². The van der Waals surface area contributed by atoms with Gasteiger partial charge in [-0.05, 0) is 18.2 Å². The molecule has 0 unspecified atom stereocenters. The van der Waals surface area contributed by atoms with Crippen LogP contribution in [-0.2, 0) is 13.0 Å². The molecule has 0 saturated heterocycles. The Morgan fingerprint density at radius 3 is 3.00 bits per heavy atom. The lowest BCUT2D eigenvalue weighted by atomic mass is 10.2. The lowest BCUT2D eigenvalue weighted by molar-refractivity contribution is 0.296. The van der Waals surface area contributed by atoms with Crippen LogP contribution >= 0.6 is 0 Å². The number of nitrogens with zero attached hydrogens (tertiary/aromatic N) is 2. The van der Waals surface area contributed by atoms with Crippen molar-refractivity contribution >= 4 is 0 Å². The Balaban J connectivity index is 1.31. The highest BCUT2D eigenvalue weighted by atomic mass is 16.5. The molecule has 1 aromatic carbocycles. The maximum atomic E-state index is 5.84. The molecule has 0 saturated carbocycles. The Bertz CT molecular complexity index is 814. The second-order valence-corrected chi connectivity index (χ2v) is 5.80. The van der Waals surface area contributed by atoms with Crippen molar-refractivity contribution in [2.75, 3.05) is 19.8 Å². The molecule has 1 aliphatic heterocycles. The molecule has 7 heteroatoms. The Morgan fingerprint density at radius 1 is 1.12 bits per heavy atom. The lowest BCUT2D eigenvalue weighted by Gasteiger charge is -2.12. The average molecular weight is 340 g/mol. The highest BCUT2D eigenvalue weighted by Crippen LogP contribution is 2.33. The van der Waals surface area contributed by atoms with Crippen LogP contribution in [-0.4, -0.2) is 34.9 Å². The van der Waals surface area contributed by atoms with Crippen LogP contribution in [0, 0.1) is 0 Å². The van der Waals surface area contributed by atoms with Gasteiger partial charge in [0, 0.05) is 31.5 Å². The molecular weight excluding hydrogens is 320 g/mol. The maximum absolute atomic E-state index is 5.84. The zero-order valence-electron chi connectivity index (χ0n) is 13.8. The fraction of sp³-hybridized carbons (Fsp3) is 0.333. The molecule has 25 heavy (non-hydrogen) atoms. The van der Waals surface area contributed by atoms with E-state index in [-0.39, 0.29) is 0 Å². The summed E-state index contributed by atoms with van der Waals surface area (Å²) in [5.74, 6) is 3.76. The topological polar surface area (TPSA) is 85.2 Å². The van der Waals surface area contributed by atoms with E-state index in [2.05, 4.69) is 26.6 Å². The summed E-state index contributed by atoms with van der Waals surface area (Å²) in [5.41, 5.74) is 1.10. The molecule has 2 aromatic heterocycles. The van der Waals surface area contributed by atoms with Crippen LogP contribution in [0.4, 0.5) is 0 Å². The van der Waals surface area contributed by atoms with Gasteiger partial charge in [-0.25, -0.2) is 4.98 Å². The van der Waals surface area contributed by atoms with Crippen LogP contribution in [0.2, 0.25) is 0 Å². The monoisotopic (exact) mass is 340 g/mol. The Kier molecular flexibility index (Phi) is 4.65. The van der Waals surface area contributed by atoms with E-state index in [1.807, 2.05) is 24.3 Å². The standard InChI is InChI=1S/C18H20N4O3/c1-4-13(17-14(5-1)23-10-3-11-25-17)12-19-8-7-16-20-18(22-21-16)15-6-2-9-24-15/h1-2,4-6,9,19H,3,7-8,10-12H2,(H,20,21,22). The van der Waals surface area contributed by atoms with Crippen molar-refractivity contribution in [1.29, 1.82) is 0 Å². The number of aromatic nitrogens is 3. The molecule has 0 fully saturated rings. The zero-order valence-corrected chi connectivity index (χ0v) is 13.8. The third-order valence-electron chi connectivity index (χ3n) is 3.98. The summed E-state index contributed by atoms with van der Waals surface area (Å²) in [4.78, 5) is 4.43. The van der Waals surface area contributed by atoms with Crippen molar-refractivity contribution in [2.45, 2.75) is 19.4 Å². The van der Waals surface area contributed by atoms with E-state index in [1.165, 1.54) is 0 Å². The maximum Gasteiger partial charge on any atom is 0.216 e. The molecule has 0 atom stereocenters. The van der Waals surface area contributed by atoms with Crippen molar-refractivity contribution in [3.63, 3.8) is 0 Å². The first-order valence-corrected chi connectivity index (χ1v) is 8.43. The predicted molar refractivity (Wildman–Crippen MR) is 91.5 cm³/mol. The van der Waals surface area contributed by atoms with Crippen LogP contribution in [0.3, 0.4) is 0 Å². The SMILES string of the molecule is c1coc(-c2n[nH]c(CCNCc3cccc4c3OCCCO4)n2)c1. The van der Waals surface area contributed by atoms with Gasteiger partial charge in [0.2, 0.25) is 5.82 Å². The third kappa shape index (κ3) is 3.66. The largest absolute Gasteiger partial charge is 0.490 e. The minimum Gasteiger partial charge on any atom is -0.490 e. The second-order valence-electron chi connectivity index (χ2n) is 5.80. The minimum absolute atomic E-state index is 0.582. The van der Waals surface area contributed by atoms with Crippen molar-refractivity contribution in [3.8, 4) is 23.1 Å². The number of rotatable bonds is 6. The number of aromatic amines is 1. The molecule has 0 bridgehead atoms. The number of H-pyrrole nitrogens is 1. The number of hydrogen-bond acceptors (Lipinski definition) is 6. The third-order valence-corrected chi connectivity index (χ3v) is 3.98. The molecule has 0 radical (unpaired) electrons. The van der Waals surface area contributed by atoms with Gasteiger partial charge in [-0.3, -0.25) is 5.10 Å². The normalized spacial score (nSPS) is 13.6. The number of nitrogens with one attached hydrogen (secondary N) is 2. The van der Waals surface area contributed by atoms with Crippen molar-refractivity contribution in [1.82, 2.24) is 20.5 Å². The molecule has 2 N–H and O–H groups in total. The van der Waals surface area contributed by atoms with Crippen LogP contribution in [0.5, 0.6) is 11.5 Å². The van der Waals surface area contributed by atoms with E-state index in [4.69, 9.17) is 13.9 Å². The Hall–Kier alpha value is -2.80. The van der Waals surface area contributed by atoms with E-state index in [0.717, 1.165) is 42.3 Å². The van der Waals surface area contributed by atoms with Crippen LogP contribution in [0.15, 0.2) is 41.0 Å². The Labute approximate surface area is 145 Å². The predicted octanol–water partition coefficient (Wildman–Crippen LogP) is 2.56. The molecule has 0 amide bonds. The van der Waals surface area contributed by atoms with Crippen LogP contribution in [0.25, 0.3) is 11.6 Å². The average Bonchev–Trinajstić information content (AvgIpc) is 3.26. The molecule has 0 aliphatic carbocycles. The van der Waals surface area contributed by atoms with Gasteiger partial charge < -0.3 is 19.2 Å². The number of para-hydroxylation sites is 1. The molecule has 0 spiro atoms. The number of hydrogen-bond donors (Lipinski definition) is 2. The minimum atomic E-state index is 0.582. The summed E-state index contributed by atoms with van der Waals surface area (Å²) in [6.07, 6.45) is 3.27. The summed E-state index contributed by atoms with van der Waals surface area (Å²) >= 11 is 0. The van der Waals surface area contributed by atoms with Gasteiger partial charge in [0.25, 0.3) is 0 Å². The van der Waals surface area contributed by atoms with E-state index >= 15 is 0 Å². The number of ether oxygens (including phenoxy) is 2. The fourth-order valence-electron chi connectivity index (χ4n) is 2.75. The second kappa shape index (κ2) is 7.40. The van der Waals surface area contributed by atoms with Gasteiger partial charge in [0.15, 0.2) is 17.3 Å². The summed E-state index contributed by atoms with van der Waals surface area (Å²) in [6.45, 7) is 2.88. The molecule has 7 nitrogen and oxygen atoms in total. The summed E-state index contributed by atoms with van der Waals surface area (Å²) in [6, 6.07) is 9.67. The quantitative estimate of drug-likeness (QED) is 0.671. The van der Waals surface area contributed by atoms with E-state index < -0.39 is 0 Å². The van der Waals surface area contributed by atoms with E-state index in [0.29, 0.717) is 31.3 Å². The van der Waals surface area contributed by atoms with Crippen molar-refractivity contribution < 1.29 is 13.9 Å². The summed E-state index contributed by atoms with van der Waals surface area (Å²) in [5, 5.41) is 10.5. The van der Waals surface area contributed by atoms with Gasteiger partial charge in [-0.15, -0.1) is 0 Å². The molecule has 1 aliphatic rings. The molecule has 130 valence electrons. The molecule has 3 aromatic rings. The van der Waals surface area contributed by atoms with Crippen molar-refractivity contribution in [3.05, 3.63) is 48.0 Å². The number of furan rings is 1. The smallest absolute Gasteiger partial charge is 0.216 e. The molecular formula is C18H20N4O3. The molecule has 4 rings (SSSR count). The van der Waals surface area contributed by atoms with E-state index in [1.54, 1.807) is 6.26 Å². The van der Waals surface area contributed by atoms with Gasteiger partial charge in [0.1, 0.15) is 5.82 Å². The summed E-state index contributed by atoms with van der Waals surface area (Å²) in [7, 11) is 0. The van der Waals surface area contributed by atoms with Gasteiger partial charge in [0.05, 0.1) is 19.5 Å². The first kappa shape index (κ1) is 15.7. The fourth-order valence-corrected chi connectivity index (χ4v) is 2.75. The van der Waals surface area contributed by atoms with Crippen LogP contribution < -0.4 is 14.8 Å². The number of fused-ring (bicyclic) bond motifs is 1. The molecule has 3 heterocycles. The van der Waals surface area contributed by atoms with Crippen molar-refractivity contribution in [2.24, 2.45) is 0 Å². The van der Waals surface area contributed by atoms with Gasteiger partial charge >= 0.3 is 0 Å². The Morgan fingerprint density at radius 2 is 2.08 bits per heavy atom. The summed E-state index contributed by atoms with van der Waals surface area (Å²) < 4.78 is 16.8. The highest BCUT2D eigenvalue weighted by molar-refractivity contribution is 5.47. The zero-order chi connectivity index (χ0) is 16.9. The first-order chi connectivity index (χ1) is 12.4.